The third kappa shape index (κ3) is 1.52. The Balaban J connectivity index is 2.24. The summed E-state index contributed by atoms with van der Waals surface area (Å²) < 4.78 is 3.33. The highest BCUT2D eigenvalue weighted by Gasteiger charge is 2.06. The average Bonchev–Trinajstić information content (AvgIpc) is 2.82. The van der Waals surface area contributed by atoms with Crippen molar-refractivity contribution in [2.24, 2.45) is 0 Å². The normalized spacial score (nSPS) is 11.0. The minimum Gasteiger partial charge on any atom is -0.323 e. The Labute approximate surface area is 100 Å². The molecule has 3 heterocycles. The first-order valence-corrected chi connectivity index (χ1v) is 6.32. The van der Waals surface area contributed by atoms with E-state index in [-0.39, 0.29) is 0 Å². The minimum atomic E-state index is 1.19. The molecular formula is C12H8BrNS. The van der Waals surface area contributed by atoms with Gasteiger partial charge in [0.05, 0.1) is 3.79 Å². The predicted molar refractivity (Wildman–Crippen MR) is 68.4 cm³/mol. The molecule has 0 bridgehead atoms. The number of hydrogen-bond acceptors (Lipinski definition) is 1. The van der Waals surface area contributed by atoms with Crippen LogP contribution in [0.2, 0.25) is 0 Å². The van der Waals surface area contributed by atoms with Gasteiger partial charge in [0.15, 0.2) is 0 Å². The van der Waals surface area contributed by atoms with Crippen molar-refractivity contribution in [3.05, 3.63) is 51.9 Å². The lowest BCUT2D eigenvalue weighted by Gasteiger charge is -1.91. The summed E-state index contributed by atoms with van der Waals surface area (Å²) in [5.41, 5.74) is 3.75. The smallest absolute Gasteiger partial charge is 0.0777 e. The van der Waals surface area contributed by atoms with Crippen molar-refractivity contribution in [1.82, 2.24) is 4.40 Å². The first-order valence-electron chi connectivity index (χ1n) is 4.65. The molecule has 0 aliphatic carbocycles. The number of hydrogen-bond donors (Lipinski definition) is 0. The molecule has 0 amide bonds. The van der Waals surface area contributed by atoms with Crippen LogP contribution in [-0.4, -0.2) is 4.40 Å². The number of pyridine rings is 1. The zero-order chi connectivity index (χ0) is 10.3. The fraction of sp³-hybridized carbons (Fsp3) is 0. The van der Waals surface area contributed by atoms with Crippen molar-refractivity contribution in [3.63, 3.8) is 0 Å². The van der Waals surface area contributed by atoms with Crippen LogP contribution in [0.5, 0.6) is 0 Å². The summed E-state index contributed by atoms with van der Waals surface area (Å²) >= 11 is 5.29. The molecule has 74 valence electrons. The second-order valence-electron chi connectivity index (χ2n) is 3.37. The molecule has 0 aliphatic rings. The van der Waals surface area contributed by atoms with Crippen molar-refractivity contribution in [3.8, 4) is 11.1 Å². The SMILES string of the molecule is Brc1sccc1-c1cc2ccccn2c1. The highest BCUT2D eigenvalue weighted by molar-refractivity contribution is 9.11. The van der Waals surface area contributed by atoms with Crippen molar-refractivity contribution >= 4 is 32.8 Å². The van der Waals surface area contributed by atoms with Gasteiger partial charge in [0.25, 0.3) is 0 Å². The highest BCUT2D eigenvalue weighted by atomic mass is 79.9. The molecule has 15 heavy (non-hydrogen) atoms. The third-order valence-corrected chi connectivity index (χ3v) is 4.12. The fourth-order valence-electron chi connectivity index (χ4n) is 1.70. The van der Waals surface area contributed by atoms with Gasteiger partial charge in [0, 0.05) is 29.0 Å². The Morgan fingerprint density at radius 2 is 2.13 bits per heavy atom. The van der Waals surface area contributed by atoms with Crippen LogP contribution in [-0.2, 0) is 0 Å². The number of rotatable bonds is 1. The lowest BCUT2D eigenvalue weighted by atomic mass is 10.2. The van der Waals surface area contributed by atoms with Crippen LogP contribution in [0.3, 0.4) is 0 Å². The van der Waals surface area contributed by atoms with Crippen LogP contribution in [0.4, 0.5) is 0 Å². The summed E-state index contributed by atoms with van der Waals surface area (Å²) in [6.45, 7) is 0. The van der Waals surface area contributed by atoms with E-state index in [1.54, 1.807) is 11.3 Å². The van der Waals surface area contributed by atoms with Gasteiger partial charge in [-0.2, -0.15) is 0 Å². The fourth-order valence-corrected chi connectivity index (χ4v) is 3.02. The zero-order valence-corrected chi connectivity index (χ0v) is 10.3. The Hall–Kier alpha value is -1.06. The monoisotopic (exact) mass is 277 g/mol. The van der Waals surface area contributed by atoms with Crippen molar-refractivity contribution in [2.75, 3.05) is 0 Å². The van der Waals surface area contributed by atoms with Crippen LogP contribution in [0.1, 0.15) is 0 Å². The van der Waals surface area contributed by atoms with Crippen molar-refractivity contribution in [2.45, 2.75) is 0 Å². The second kappa shape index (κ2) is 3.51. The molecule has 0 radical (unpaired) electrons. The molecule has 0 spiro atoms. The maximum absolute atomic E-state index is 3.57. The first-order chi connectivity index (χ1) is 7.34. The van der Waals surface area contributed by atoms with Gasteiger partial charge in [-0.1, -0.05) is 6.07 Å². The van der Waals surface area contributed by atoms with Crippen LogP contribution in [0, 0.1) is 0 Å². The summed E-state index contributed by atoms with van der Waals surface area (Å²) in [5, 5.41) is 2.10. The molecule has 3 rings (SSSR count). The maximum Gasteiger partial charge on any atom is 0.0777 e. The molecular weight excluding hydrogens is 270 g/mol. The molecule has 3 aromatic heterocycles. The molecule has 1 nitrogen and oxygen atoms in total. The van der Waals surface area contributed by atoms with Crippen molar-refractivity contribution in [1.29, 1.82) is 0 Å². The summed E-state index contributed by atoms with van der Waals surface area (Å²) in [7, 11) is 0. The van der Waals surface area contributed by atoms with E-state index >= 15 is 0 Å². The molecule has 0 unspecified atom stereocenters. The number of aromatic nitrogens is 1. The minimum absolute atomic E-state index is 1.19. The van der Waals surface area contributed by atoms with E-state index in [0.29, 0.717) is 0 Å². The van der Waals surface area contributed by atoms with Gasteiger partial charge in [-0.3, -0.25) is 0 Å². The zero-order valence-electron chi connectivity index (χ0n) is 7.85. The Bertz CT molecular complexity index is 576. The Morgan fingerprint density at radius 3 is 2.87 bits per heavy atom. The quantitative estimate of drug-likeness (QED) is 0.620. The van der Waals surface area contributed by atoms with Gasteiger partial charge < -0.3 is 4.40 Å². The predicted octanol–water partition coefficient (Wildman–Crippen LogP) is 4.43. The average molecular weight is 278 g/mol. The molecule has 0 saturated heterocycles. The Kier molecular flexibility index (Phi) is 2.15. The summed E-state index contributed by atoms with van der Waals surface area (Å²) in [6.07, 6.45) is 4.22. The standard InChI is InChI=1S/C12H8BrNS/c13-12-11(4-6-15-12)9-7-10-3-1-2-5-14(10)8-9/h1-8H. The second-order valence-corrected chi connectivity index (χ2v) is 5.60. The first kappa shape index (κ1) is 9.19. The van der Waals surface area contributed by atoms with Gasteiger partial charge >= 0.3 is 0 Å². The van der Waals surface area contributed by atoms with Gasteiger partial charge in [0.1, 0.15) is 0 Å². The third-order valence-electron chi connectivity index (χ3n) is 2.43. The van der Waals surface area contributed by atoms with Gasteiger partial charge in [-0.15, -0.1) is 11.3 Å². The number of fused-ring (bicyclic) bond motifs is 1. The highest BCUT2D eigenvalue weighted by Crippen LogP contribution is 2.33. The summed E-state index contributed by atoms with van der Waals surface area (Å²) in [4.78, 5) is 0. The van der Waals surface area contributed by atoms with Crippen molar-refractivity contribution < 1.29 is 0 Å². The molecule has 0 saturated carbocycles. The van der Waals surface area contributed by atoms with E-state index < -0.39 is 0 Å². The van der Waals surface area contributed by atoms with Crippen LogP contribution in [0.15, 0.2) is 51.9 Å². The topological polar surface area (TPSA) is 4.41 Å². The van der Waals surface area contributed by atoms with E-state index in [0.717, 1.165) is 0 Å². The maximum atomic E-state index is 3.57. The summed E-state index contributed by atoms with van der Waals surface area (Å²) in [5.74, 6) is 0. The van der Waals surface area contributed by atoms with E-state index in [1.165, 1.54) is 20.4 Å². The number of nitrogens with zero attached hydrogens (tertiary/aromatic N) is 1. The summed E-state index contributed by atoms with van der Waals surface area (Å²) in [6, 6.07) is 10.6. The largest absolute Gasteiger partial charge is 0.323 e. The molecule has 0 aliphatic heterocycles. The van der Waals surface area contributed by atoms with Crippen LogP contribution in [0.25, 0.3) is 16.6 Å². The molecule has 3 aromatic rings. The molecule has 0 aromatic carbocycles. The van der Waals surface area contributed by atoms with E-state index in [2.05, 4.69) is 62.4 Å². The van der Waals surface area contributed by atoms with E-state index in [4.69, 9.17) is 0 Å². The lowest BCUT2D eigenvalue weighted by molar-refractivity contribution is 1.20. The Morgan fingerprint density at radius 1 is 1.20 bits per heavy atom. The lowest BCUT2D eigenvalue weighted by Crippen LogP contribution is -1.76. The van der Waals surface area contributed by atoms with Gasteiger partial charge in [0.2, 0.25) is 0 Å². The van der Waals surface area contributed by atoms with Crippen LogP contribution >= 0.6 is 27.3 Å². The molecule has 0 fully saturated rings. The number of thiophene rings is 1. The van der Waals surface area contributed by atoms with Crippen LogP contribution < -0.4 is 0 Å². The molecule has 3 heteroatoms. The molecule has 0 N–H and O–H groups in total. The van der Waals surface area contributed by atoms with Gasteiger partial charge in [-0.25, -0.2) is 0 Å². The number of halogens is 1. The van der Waals surface area contributed by atoms with E-state index in [1.807, 2.05) is 6.07 Å². The van der Waals surface area contributed by atoms with Gasteiger partial charge in [-0.05, 0) is 45.6 Å². The van der Waals surface area contributed by atoms with E-state index in [9.17, 15) is 0 Å². The molecule has 0 atom stereocenters.